The number of amides is 1. The molecule has 2 aromatic carbocycles. The highest BCUT2D eigenvalue weighted by Crippen LogP contribution is 2.29. The molecule has 2 aliphatic rings. The van der Waals surface area contributed by atoms with Crippen LogP contribution in [-0.4, -0.2) is 56.4 Å². The van der Waals surface area contributed by atoms with Crippen LogP contribution >= 0.6 is 0 Å². The summed E-state index contributed by atoms with van der Waals surface area (Å²) in [5, 5.41) is 11.5. The van der Waals surface area contributed by atoms with Crippen LogP contribution in [0.4, 0.5) is 11.4 Å². The van der Waals surface area contributed by atoms with Crippen LogP contribution in [0.1, 0.15) is 36.0 Å². The molecule has 2 aliphatic heterocycles. The van der Waals surface area contributed by atoms with Gasteiger partial charge >= 0.3 is 0 Å². The summed E-state index contributed by atoms with van der Waals surface area (Å²) in [5.41, 5.74) is 0.667. The fourth-order valence-electron chi connectivity index (χ4n) is 4.28. The molecule has 1 N–H and O–H groups in total. The standard InChI is InChI=1S/C22H26N4O5S/c27-22(25-12-4-5-13-25)20-16-18(8-9-21(20)26(28)29)24-14-10-17(11-15-24)23-32(30,31)19-6-2-1-3-7-19/h1-3,6-9,16-17,23H,4-5,10-15H2. The minimum absolute atomic E-state index is 0.112. The van der Waals surface area contributed by atoms with Gasteiger partial charge in [0.15, 0.2) is 0 Å². The molecule has 0 unspecified atom stereocenters. The second-order valence-corrected chi connectivity index (χ2v) is 9.87. The van der Waals surface area contributed by atoms with E-state index in [4.69, 9.17) is 0 Å². The zero-order valence-electron chi connectivity index (χ0n) is 17.6. The second kappa shape index (κ2) is 9.25. The van der Waals surface area contributed by atoms with Crippen molar-refractivity contribution in [1.82, 2.24) is 9.62 Å². The quantitative estimate of drug-likeness (QED) is 0.526. The monoisotopic (exact) mass is 458 g/mol. The Balaban J connectivity index is 1.46. The number of carbonyl (C=O) groups excluding carboxylic acids is 1. The molecular formula is C22H26N4O5S. The maximum Gasteiger partial charge on any atom is 0.282 e. The predicted molar refractivity (Wildman–Crippen MR) is 120 cm³/mol. The summed E-state index contributed by atoms with van der Waals surface area (Å²) in [6, 6.07) is 12.7. The Kier molecular flexibility index (Phi) is 6.43. The van der Waals surface area contributed by atoms with Gasteiger partial charge in [-0.25, -0.2) is 13.1 Å². The van der Waals surface area contributed by atoms with Gasteiger partial charge in [-0.05, 0) is 49.9 Å². The summed E-state index contributed by atoms with van der Waals surface area (Å²) in [5.74, 6) is -0.304. The second-order valence-electron chi connectivity index (χ2n) is 8.15. The van der Waals surface area contributed by atoms with Crippen LogP contribution in [-0.2, 0) is 10.0 Å². The van der Waals surface area contributed by atoms with Crippen molar-refractivity contribution in [3.8, 4) is 0 Å². The first kappa shape index (κ1) is 22.2. The van der Waals surface area contributed by atoms with Crippen LogP contribution in [0, 0.1) is 10.1 Å². The zero-order valence-corrected chi connectivity index (χ0v) is 18.5. The lowest BCUT2D eigenvalue weighted by Gasteiger charge is -2.34. The van der Waals surface area contributed by atoms with Crippen molar-refractivity contribution in [2.75, 3.05) is 31.1 Å². The fraction of sp³-hybridized carbons (Fsp3) is 0.409. The lowest BCUT2D eigenvalue weighted by Crippen LogP contribution is -2.44. The van der Waals surface area contributed by atoms with Gasteiger partial charge in [-0.15, -0.1) is 0 Å². The Labute approximate surface area is 187 Å². The van der Waals surface area contributed by atoms with Gasteiger partial charge in [0.05, 0.1) is 9.82 Å². The van der Waals surface area contributed by atoms with Crippen LogP contribution in [0.3, 0.4) is 0 Å². The number of sulfonamides is 1. The first-order chi connectivity index (χ1) is 15.3. The summed E-state index contributed by atoms with van der Waals surface area (Å²) in [6.45, 7) is 2.40. The Bertz CT molecular complexity index is 1090. The molecule has 2 saturated heterocycles. The number of rotatable bonds is 6. The van der Waals surface area contributed by atoms with E-state index in [2.05, 4.69) is 4.72 Å². The minimum atomic E-state index is -3.58. The zero-order chi connectivity index (χ0) is 22.7. The molecule has 170 valence electrons. The van der Waals surface area contributed by atoms with E-state index >= 15 is 0 Å². The van der Waals surface area contributed by atoms with Crippen molar-refractivity contribution >= 4 is 27.3 Å². The van der Waals surface area contributed by atoms with Gasteiger partial charge in [-0.3, -0.25) is 14.9 Å². The van der Waals surface area contributed by atoms with Gasteiger partial charge in [-0.2, -0.15) is 0 Å². The van der Waals surface area contributed by atoms with Crippen molar-refractivity contribution in [2.24, 2.45) is 0 Å². The maximum atomic E-state index is 12.9. The lowest BCUT2D eigenvalue weighted by molar-refractivity contribution is -0.385. The molecule has 32 heavy (non-hydrogen) atoms. The molecule has 2 aromatic rings. The lowest BCUT2D eigenvalue weighted by atomic mass is 10.0. The third-order valence-corrected chi connectivity index (χ3v) is 7.57. The number of nitro groups is 1. The maximum absolute atomic E-state index is 12.9. The highest BCUT2D eigenvalue weighted by Gasteiger charge is 2.29. The first-order valence-electron chi connectivity index (χ1n) is 10.8. The van der Waals surface area contributed by atoms with E-state index in [9.17, 15) is 23.3 Å². The van der Waals surface area contributed by atoms with Gasteiger partial charge < -0.3 is 9.80 Å². The molecule has 2 fully saturated rings. The minimum Gasteiger partial charge on any atom is -0.371 e. The van der Waals surface area contributed by atoms with Crippen LogP contribution in [0.2, 0.25) is 0 Å². The molecule has 0 saturated carbocycles. The van der Waals surface area contributed by atoms with Crippen LogP contribution in [0.15, 0.2) is 53.4 Å². The number of likely N-dealkylation sites (tertiary alicyclic amines) is 1. The van der Waals surface area contributed by atoms with E-state index in [1.807, 2.05) is 4.90 Å². The Morgan fingerprint density at radius 3 is 2.28 bits per heavy atom. The van der Waals surface area contributed by atoms with E-state index in [1.165, 1.54) is 6.07 Å². The molecule has 0 bridgehead atoms. The summed E-state index contributed by atoms with van der Waals surface area (Å²) in [4.78, 5) is 27.8. The normalized spacial score (nSPS) is 17.5. The molecular weight excluding hydrogens is 432 g/mol. The number of nitrogens with zero attached hydrogens (tertiary/aromatic N) is 3. The SMILES string of the molecule is O=C(c1cc(N2CCC(NS(=O)(=O)c3ccccc3)CC2)ccc1[N+](=O)[O-])N1CCCC1. The van der Waals surface area contributed by atoms with Crippen molar-refractivity contribution in [3.05, 3.63) is 64.2 Å². The van der Waals surface area contributed by atoms with Gasteiger partial charge in [0.2, 0.25) is 10.0 Å². The summed E-state index contributed by atoms with van der Waals surface area (Å²) < 4.78 is 27.9. The Morgan fingerprint density at radius 2 is 1.66 bits per heavy atom. The molecule has 9 nitrogen and oxygen atoms in total. The topological polar surface area (TPSA) is 113 Å². The van der Waals surface area contributed by atoms with Crippen LogP contribution in [0.5, 0.6) is 0 Å². The summed E-state index contributed by atoms with van der Waals surface area (Å²) in [6.07, 6.45) is 3.01. The summed E-state index contributed by atoms with van der Waals surface area (Å²) in [7, 11) is -3.58. The van der Waals surface area contributed by atoms with Crippen molar-refractivity contribution in [2.45, 2.75) is 36.6 Å². The average Bonchev–Trinajstić information content (AvgIpc) is 3.34. The Hall–Kier alpha value is -2.98. The fourth-order valence-corrected chi connectivity index (χ4v) is 5.61. The smallest absolute Gasteiger partial charge is 0.282 e. The number of benzene rings is 2. The number of carbonyl (C=O) groups is 1. The molecule has 0 atom stereocenters. The molecule has 0 spiro atoms. The predicted octanol–water partition coefficient (Wildman–Crippen LogP) is 2.78. The van der Waals surface area contributed by atoms with E-state index in [-0.39, 0.29) is 28.1 Å². The van der Waals surface area contributed by atoms with Gasteiger partial charge in [0.1, 0.15) is 5.56 Å². The van der Waals surface area contributed by atoms with Crippen molar-refractivity contribution in [3.63, 3.8) is 0 Å². The van der Waals surface area contributed by atoms with Gasteiger partial charge in [-0.1, -0.05) is 18.2 Å². The van der Waals surface area contributed by atoms with E-state index in [1.54, 1.807) is 47.4 Å². The molecule has 1 amide bonds. The number of nitro benzene ring substituents is 1. The van der Waals surface area contributed by atoms with Crippen molar-refractivity contribution < 1.29 is 18.1 Å². The number of hydrogen-bond donors (Lipinski definition) is 1. The number of hydrogen-bond acceptors (Lipinski definition) is 6. The van der Waals surface area contributed by atoms with Crippen LogP contribution in [0.25, 0.3) is 0 Å². The van der Waals surface area contributed by atoms with E-state index < -0.39 is 14.9 Å². The summed E-state index contributed by atoms with van der Waals surface area (Å²) >= 11 is 0. The number of anilines is 1. The van der Waals surface area contributed by atoms with Crippen molar-refractivity contribution in [1.29, 1.82) is 0 Å². The van der Waals surface area contributed by atoms with E-state index in [0.29, 0.717) is 39.0 Å². The average molecular weight is 459 g/mol. The molecule has 4 rings (SSSR count). The third kappa shape index (κ3) is 4.76. The highest BCUT2D eigenvalue weighted by molar-refractivity contribution is 7.89. The highest BCUT2D eigenvalue weighted by atomic mass is 32.2. The van der Waals surface area contributed by atoms with Gasteiger partial charge in [0.25, 0.3) is 11.6 Å². The molecule has 0 aromatic heterocycles. The van der Waals surface area contributed by atoms with E-state index in [0.717, 1.165) is 18.5 Å². The third-order valence-electron chi connectivity index (χ3n) is 6.04. The van der Waals surface area contributed by atoms with Crippen LogP contribution < -0.4 is 9.62 Å². The molecule has 10 heteroatoms. The first-order valence-corrected chi connectivity index (χ1v) is 12.2. The molecule has 2 heterocycles. The molecule has 0 radical (unpaired) electrons. The largest absolute Gasteiger partial charge is 0.371 e. The van der Waals surface area contributed by atoms with Gasteiger partial charge in [0, 0.05) is 44.0 Å². The number of nitrogens with one attached hydrogen (secondary N) is 1. The number of piperidine rings is 1. The Morgan fingerprint density at radius 1 is 1.00 bits per heavy atom. The molecule has 0 aliphatic carbocycles.